The van der Waals surface area contributed by atoms with E-state index in [9.17, 15) is 4.79 Å². The zero-order valence-corrected chi connectivity index (χ0v) is 21.0. The number of hydrogen-bond donors (Lipinski definition) is 0. The lowest BCUT2D eigenvalue weighted by atomic mass is 10.1. The van der Waals surface area contributed by atoms with Crippen LogP contribution in [0.1, 0.15) is 27.8 Å². The molecule has 0 spiro atoms. The lowest BCUT2D eigenvalue weighted by Crippen LogP contribution is -2.18. The van der Waals surface area contributed by atoms with Gasteiger partial charge in [-0.15, -0.1) is 0 Å². The minimum atomic E-state index is -1.18. The largest absolute Gasteiger partial charge is 0.870 e. The smallest absolute Gasteiger partial charge is 0.341 e. The Balaban J connectivity index is 0.00000361. The molecule has 3 aromatic rings. The number of nitrogens with one attached hydrogen (secondary N) is 1. The average molecular weight is 538 g/mol. The summed E-state index contributed by atoms with van der Waals surface area (Å²) in [7, 11) is 3.04. The van der Waals surface area contributed by atoms with Gasteiger partial charge in [0.2, 0.25) is 0 Å². The second-order valence-corrected chi connectivity index (χ2v) is 8.34. The first-order chi connectivity index (χ1) is 17.0. The fraction of sp³-hybridized carbons (Fsp3) is 0.280. The van der Waals surface area contributed by atoms with Crippen molar-refractivity contribution >= 4 is 29.2 Å². The Labute approximate surface area is 218 Å². The molecular formula is C25H25Cl2NO8. The first-order valence-electron chi connectivity index (χ1n) is 10.7. The first kappa shape index (κ1) is 27.5. The van der Waals surface area contributed by atoms with Crippen molar-refractivity contribution in [2.45, 2.75) is 19.0 Å². The summed E-state index contributed by atoms with van der Waals surface area (Å²) in [5.74, 6) is 0.512. The Morgan fingerprint density at radius 2 is 1.64 bits per heavy atom. The SMILES string of the molecule is COc1ccc([C@@H](OC(=O)c2ccc(CC3OCCO3)cc2)Oc2c(Cl)c[nH+]cc2Cl)cc1OC.[OH-]. The molecule has 1 aliphatic heterocycles. The summed E-state index contributed by atoms with van der Waals surface area (Å²) in [6.45, 7) is 1.17. The molecule has 1 fully saturated rings. The molecule has 2 heterocycles. The summed E-state index contributed by atoms with van der Waals surface area (Å²) in [5.41, 5.74) is 1.80. The Morgan fingerprint density at radius 1 is 1.00 bits per heavy atom. The number of rotatable bonds is 9. The summed E-state index contributed by atoms with van der Waals surface area (Å²) < 4.78 is 33.4. The van der Waals surface area contributed by atoms with E-state index in [1.165, 1.54) is 26.6 Å². The zero-order chi connectivity index (χ0) is 24.8. The number of methoxy groups -OCH3 is 2. The minimum absolute atomic E-state index is 0. The molecule has 1 saturated heterocycles. The van der Waals surface area contributed by atoms with Gasteiger partial charge in [0.1, 0.15) is 10.0 Å². The molecule has 0 saturated carbocycles. The number of aromatic amines is 1. The van der Waals surface area contributed by atoms with Gasteiger partial charge < -0.3 is 33.9 Å². The molecule has 0 aliphatic carbocycles. The zero-order valence-electron chi connectivity index (χ0n) is 19.5. The van der Waals surface area contributed by atoms with Crippen molar-refractivity contribution in [2.24, 2.45) is 0 Å². The molecule has 0 bridgehead atoms. The molecule has 0 amide bonds. The topological polar surface area (TPSA) is 117 Å². The van der Waals surface area contributed by atoms with E-state index in [0.29, 0.717) is 42.3 Å². The molecule has 1 aliphatic rings. The molecule has 1 atom stereocenters. The second kappa shape index (κ2) is 12.8. The number of ether oxygens (including phenoxy) is 6. The highest BCUT2D eigenvalue weighted by Gasteiger charge is 2.25. The van der Waals surface area contributed by atoms with Crippen LogP contribution in [0.4, 0.5) is 0 Å². The number of H-pyrrole nitrogens is 1. The first-order valence-corrected chi connectivity index (χ1v) is 11.5. The monoisotopic (exact) mass is 537 g/mol. The molecule has 192 valence electrons. The van der Waals surface area contributed by atoms with E-state index in [1.54, 1.807) is 30.3 Å². The van der Waals surface area contributed by atoms with Crippen molar-refractivity contribution in [3.05, 3.63) is 81.6 Å². The van der Waals surface area contributed by atoms with Crippen LogP contribution >= 0.6 is 23.2 Å². The van der Waals surface area contributed by atoms with Crippen LogP contribution in [0, 0.1) is 0 Å². The van der Waals surface area contributed by atoms with Crippen LogP contribution in [0.2, 0.25) is 10.0 Å². The van der Waals surface area contributed by atoms with Crippen molar-refractivity contribution in [1.29, 1.82) is 0 Å². The van der Waals surface area contributed by atoms with Crippen LogP contribution in [0.15, 0.2) is 54.9 Å². The number of carbonyl (C=O) groups is 1. The molecule has 9 nitrogen and oxygen atoms in total. The maximum atomic E-state index is 13.0. The third-order valence-corrected chi connectivity index (χ3v) is 5.82. The number of aromatic nitrogens is 1. The van der Waals surface area contributed by atoms with Gasteiger partial charge in [-0.05, 0) is 35.9 Å². The van der Waals surface area contributed by atoms with Gasteiger partial charge >= 0.3 is 5.97 Å². The fourth-order valence-electron chi connectivity index (χ4n) is 3.47. The van der Waals surface area contributed by atoms with Gasteiger partial charge in [0.05, 0.1) is 33.0 Å². The highest BCUT2D eigenvalue weighted by Crippen LogP contribution is 2.37. The molecule has 2 N–H and O–H groups in total. The van der Waals surface area contributed by atoms with E-state index in [0.717, 1.165) is 5.56 Å². The van der Waals surface area contributed by atoms with Crippen LogP contribution in [-0.4, -0.2) is 45.2 Å². The normalized spacial score (nSPS) is 14.0. The summed E-state index contributed by atoms with van der Waals surface area (Å²) in [6.07, 6.45) is 2.15. The number of benzene rings is 2. The summed E-state index contributed by atoms with van der Waals surface area (Å²) in [6, 6.07) is 12.0. The molecular weight excluding hydrogens is 513 g/mol. The van der Waals surface area contributed by atoms with Crippen LogP contribution in [0.5, 0.6) is 17.2 Å². The molecule has 0 radical (unpaired) electrons. The summed E-state index contributed by atoms with van der Waals surface area (Å²) in [5, 5.41) is 0.444. The van der Waals surface area contributed by atoms with Crippen molar-refractivity contribution < 1.29 is 43.7 Å². The van der Waals surface area contributed by atoms with E-state index in [-0.39, 0.29) is 27.6 Å². The number of pyridine rings is 1. The van der Waals surface area contributed by atoms with Gasteiger partial charge in [-0.3, -0.25) is 0 Å². The maximum absolute atomic E-state index is 13.0. The van der Waals surface area contributed by atoms with Crippen LogP contribution in [-0.2, 0) is 20.6 Å². The summed E-state index contributed by atoms with van der Waals surface area (Å²) in [4.78, 5) is 15.8. The van der Waals surface area contributed by atoms with E-state index in [2.05, 4.69) is 4.98 Å². The number of halogens is 2. The number of hydrogen-bond acceptors (Lipinski definition) is 8. The lowest BCUT2D eigenvalue weighted by Gasteiger charge is -2.21. The van der Waals surface area contributed by atoms with Crippen LogP contribution in [0.25, 0.3) is 0 Å². The van der Waals surface area contributed by atoms with Gasteiger partial charge in [-0.2, -0.15) is 0 Å². The Bertz CT molecular complexity index is 1150. The van der Waals surface area contributed by atoms with Crippen molar-refractivity contribution in [3.8, 4) is 17.2 Å². The predicted octanol–water partition coefficient (Wildman–Crippen LogP) is 4.50. The Kier molecular flexibility index (Phi) is 9.74. The lowest BCUT2D eigenvalue weighted by molar-refractivity contribution is -0.377. The minimum Gasteiger partial charge on any atom is -0.870 e. The number of esters is 1. The average Bonchev–Trinajstić information content (AvgIpc) is 3.38. The highest BCUT2D eigenvalue weighted by atomic mass is 35.5. The van der Waals surface area contributed by atoms with Crippen LogP contribution in [0.3, 0.4) is 0 Å². The molecule has 1 aromatic heterocycles. The van der Waals surface area contributed by atoms with Gasteiger partial charge in [-0.25, -0.2) is 9.78 Å². The molecule has 36 heavy (non-hydrogen) atoms. The molecule has 4 rings (SSSR count). The van der Waals surface area contributed by atoms with Crippen molar-refractivity contribution in [3.63, 3.8) is 0 Å². The quantitative estimate of drug-likeness (QED) is 0.289. The Hall–Kier alpha value is -3.08. The number of carbonyl (C=O) groups excluding carboxylic acids is 1. The third kappa shape index (κ3) is 6.57. The summed E-state index contributed by atoms with van der Waals surface area (Å²) >= 11 is 12.5. The van der Waals surface area contributed by atoms with Gasteiger partial charge in [-0.1, -0.05) is 35.3 Å². The second-order valence-electron chi connectivity index (χ2n) is 7.52. The van der Waals surface area contributed by atoms with E-state index in [4.69, 9.17) is 51.6 Å². The van der Waals surface area contributed by atoms with Gasteiger partial charge in [0, 0.05) is 12.0 Å². The fourth-order valence-corrected chi connectivity index (χ4v) is 3.94. The maximum Gasteiger partial charge on any atom is 0.341 e. The van der Waals surface area contributed by atoms with E-state index >= 15 is 0 Å². The van der Waals surface area contributed by atoms with Crippen LogP contribution < -0.4 is 19.2 Å². The highest BCUT2D eigenvalue weighted by molar-refractivity contribution is 6.36. The van der Waals surface area contributed by atoms with Crippen molar-refractivity contribution in [1.82, 2.24) is 0 Å². The Morgan fingerprint density at radius 3 is 2.25 bits per heavy atom. The van der Waals surface area contributed by atoms with Gasteiger partial charge in [0.15, 0.2) is 35.9 Å². The molecule has 2 aromatic carbocycles. The standard InChI is InChI=1S/C25H23Cl2NO7.H2O/c1-30-20-8-7-17(12-21(20)31-2)25(34-23-18(26)13-28-14-19(23)27)35-24(29)16-5-3-15(4-6-16)11-22-32-9-10-33-22;/h3-8,12-14,22,25H,9-11H2,1-2H3;1H2/t25-;/m1./s1. The molecule has 0 unspecified atom stereocenters. The molecule has 11 heteroatoms. The van der Waals surface area contributed by atoms with E-state index < -0.39 is 12.3 Å². The predicted molar refractivity (Wildman–Crippen MR) is 129 cm³/mol. The van der Waals surface area contributed by atoms with E-state index in [1.807, 2.05) is 12.1 Å². The van der Waals surface area contributed by atoms with Gasteiger partial charge in [0.25, 0.3) is 6.29 Å². The third-order valence-electron chi connectivity index (χ3n) is 5.26. The van der Waals surface area contributed by atoms with Crippen molar-refractivity contribution in [2.75, 3.05) is 27.4 Å².